The van der Waals surface area contributed by atoms with E-state index in [4.69, 9.17) is 9.05 Å². The summed E-state index contributed by atoms with van der Waals surface area (Å²) in [6.07, 6.45) is 0. The van der Waals surface area contributed by atoms with E-state index in [-0.39, 0.29) is 0 Å². The number of nitrogens with zero attached hydrogens (tertiary/aromatic N) is 2. The fourth-order valence-corrected chi connectivity index (χ4v) is 10.4. The highest BCUT2D eigenvalue weighted by molar-refractivity contribution is 7.84. The van der Waals surface area contributed by atoms with Crippen LogP contribution in [0.4, 0.5) is 0 Å². The zero-order valence-electron chi connectivity index (χ0n) is 20.5. The number of benzene rings is 2. The van der Waals surface area contributed by atoms with Crippen molar-refractivity contribution in [2.24, 2.45) is 0 Å². The largest absolute Gasteiger partial charge is 0.617 e. The van der Waals surface area contributed by atoms with Gasteiger partial charge in [-0.25, -0.2) is 0 Å². The third kappa shape index (κ3) is 4.49. The summed E-state index contributed by atoms with van der Waals surface area (Å²) < 4.78 is 17.0. The van der Waals surface area contributed by atoms with E-state index in [1.807, 2.05) is 73.0 Å². The summed E-state index contributed by atoms with van der Waals surface area (Å²) in [5, 5.41) is 0. The van der Waals surface area contributed by atoms with Gasteiger partial charge in [0.25, 0.3) is 0 Å². The molecule has 1 aliphatic heterocycles. The van der Waals surface area contributed by atoms with Crippen LogP contribution in [0.1, 0.15) is 63.8 Å². The molecule has 170 valence electrons. The van der Waals surface area contributed by atoms with Crippen LogP contribution in [-0.2, 0) is 0 Å². The first kappa shape index (κ1) is 24.4. The average Bonchev–Trinajstić information content (AvgIpc) is 2.57. The zero-order valence-corrected chi connectivity index (χ0v) is 22.3. The second-order valence-electron chi connectivity index (χ2n) is 10.3. The highest BCUT2D eigenvalue weighted by Crippen LogP contribution is 2.87. The molecule has 0 amide bonds. The highest BCUT2D eigenvalue weighted by atomic mass is 31.3. The Labute approximate surface area is 189 Å². The van der Waals surface area contributed by atoms with E-state index in [1.165, 1.54) is 0 Å². The molecular weight excluding hydrogens is 426 g/mol. The lowest BCUT2D eigenvalue weighted by atomic mass is 10.1. The predicted molar refractivity (Wildman–Crippen MR) is 130 cm³/mol. The van der Waals surface area contributed by atoms with Gasteiger partial charge in [0, 0.05) is 0 Å². The number of rotatable bonds is 4. The molecule has 31 heavy (non-hydrogen) atoms. The molecule has 0 saturated carbocycles. The van der Waals surface area contributed by atoms with Crippen LogP contribution in [0.5, 0.6) is 11.5 Å². The molecule has 0 bridgehead atoms. The quantitative estimate of drug-likeness (QED) is 0.465. The van der Waals surface area contributed by atoms with Crippen molar-refractivity contribution in [1.29, 1.82) is 0 Å². The van der Waals surface area contributed by atoms with E-state index in [0.29, 0.717) is 5.75 Å². The predicted octanol–water partition coefficient (Wildman–Crippen LogP) is 6.86. The SMILES string of the molecule is Cc1cccc(C)c1OP1N(C(C)(C)C)[P+]([O-])(Oc2c(C)cccc2C)N1C(C)(C)C. The van der Waals surface area contributed by atoms with Gasteiger partial charge < -0.3 is 13.9 Å². The zero-order chi connectivity index (χ0) is 23.4. The van der Waals surface area contributed by atoms with Crippen molar-refractivity contribution in [3.63, 3.8) is 0 Å². The standard InChI is InChI=1S/C24H36N2O3P2/c1-17-13-11-14-18(2)21(17)28-30-25(23(5,6)7)31(27,26(30)24(8,9)10)29-22-19(3)15-12-16-20(22)4/h11-16H,1-10H3. The Hall–Kier alpha value is -1.22. The molecule has 1 fully saturated rings. The summed E-state index contributed by atoms with van der Waals surface area (Å²) in [6, 6.07) is 12.1. The molecule has 5 nitrogen and oxygen atoms in total. The van der Waals surface area contributed by atoms with Crippen LogP contribution in [0.3, 0.4) is 0 Å². The third-order valence-electron chi connectivity index (χ3n) is 5.20. The maximum absolute atomic E-state index is 14.6. The van der Waals surface area contributed by atoms with E-state index < -0.39 is 27.5 Å². The lowest BCUT2D eigenvalue weighted by Gasteiger charge is -2.62. The average molecular weight is 463 g/mol. The summed E-state index contributed by atoms with van der Waals surface area (Å²) in [4.78, 5) is 14.6. The van der Waals surface area contributed by atoms with Crippen LogP contribution < -0.4 is 13.9 Å². The molecule has 0 atom stereocenters. The van der Waals surface area contributed by atoms with Gasteiger partial charge in [-0.15, -0.1) is 0 Å². The van der Waals surface area contributed by atoms with Crippen LogP contribution in [0.25, 0.3) is 0 Å². The van der Waals surface area contributed by atoms with Gasteiger partial charge in [0.1, 0.15) is 5.75 Å². The Morgan fingerprint density at radius 2 is 1.06 bits per heavy atom. The first-order chi connectivity index (χ1) is 14.2. The van der Waals surface area contributed by atoms with Crippen LogP contribution >= 0.6 is 16.5 Å². The van der Waals surface area contributed by atoms with E-state index in [1.54, 1.807) is 0 Å². The van der Waals surface area contributed by atoms with E-state index >= 15 is 0 Å². The van der Waals surface area contributed by atoms with Gasteiger partial charge in [0.05, 0.1) is 11.1 Å². The Morgan fingerprint density at radius 1 is 0.710 bits per heavy atom. The van der Waals surface area contributed by atoms with Crippen molar-refractivity contribution >= 4 is 16.5 Å². The molecule has 2 aromatic carbocycles. The molecule has 1 saturated heterocycles. The van der Waals surface area contributed by atoms with Crippen molar-refractivity contribution < 1.29 is 13.9 Å². The van der Waals surface area contributed by atoms with Gasteiger partial charge in [-0.1, -0.05) is 45.3 Å². The molecule has 3 rings (SSSR count). The summed E-state index contributed by atoms with van der Waals surface area (Å²) in [6.45, 7) is 20.5. The van der Waals surface area contributed by atoms with Gasteiger partial charge in [-0.05, 0) is 91.5 Å². The fourth-order valence-electron chi connectivity index (χ4n) is 3.84. The molecule has 2 aromatic rings. The summed E-state index contributed by atoms with van der Waals surface area (Å²) in [5.41, 5.74) is 3.28. The van der Waals surface area contributed by atoms with Crippen LogP contribution in [0, 0.1) is 27.7 Å². The number of hydrogen-bond donors (Lipinski definition) is 0. The van der Waals surface area contributed by atoms with Gasteiger partial charge >= 0.3 is 16.5 Å². The smallest absolute Gasteiger partial charge is 0.326 e. The summed E-state index contributed by atoms with van der Waals surface area (Å²) in [7, 11) is -4.72. The van der Waals surface area contributed by atoms with E-state index in [0.717, 1.165) is 28.0 Å². The van der Waals surface area contributed by atoms with Gasteiger partial charge in [0.2, 0.25) is 0 Å². The van der Waals surface area contributed by atoms with Crippen LogP contribution in [0.15, 0.2) is 36.4 Å². The van der Waals surface area contributed by atoms with Crippen LogP contribution in [0.2, 0.25) is 0 Å². The molecule has 0 unspecified atom stereocenters. The van der Waals surface area contributed by atoms with Gasteiger partial charge in [-0.2, -0.15) is 0 Å². The fraction of sp³-hybridized carbons (Fsp3) is 0.500. The van der Waals surface area contributed by atoms with Gasteiger partial charge in [-0.3, -0.25) is 0 Å². The van der Waals surface area contributed by atoms with Crippen molar-refractivity contribution in [2.75, 3.05) is 0 Å². The lowest BCUT2D eigenvalue weighted by molar-refractivity contribution is -0.217. The van der Waals surface area contributed by atoms with E-state index in [9.17, 15) is 4.89 Å². The summed E-state index contributed by atoms with van der Waals surface area (Å²) >= 11 is 0. The second-order valence-corrected chi connectivity index (χ2v) is 14.4. The minimum Gasteiger partial charge on any atom is -0.617 e. The molecule has 0 N–H and O–H groups in total. The maximum atomic E-state index is 14.6. The number of aryl methyl sites for hydroxylation is 4. The molecule has 0 aromatic heterocycles. The molecule has 0 aliphatic carbocycles. The first-order valence-electron chi connectivity index (χ1n) is 10.7. The monoisotopic (exact) mass is 462 g/mol. The minimum absolute atomic E-state index is 0.407. The molecule has 1 heterocycles. The topological polar surface area (TPSA) is 48.0 Å². The number of para-hydroxylation sites is 2. The highest BCUT2D eigenvalue weighted by Gasteiger charge is 2.74. The van der Waals surface area contributed by atoms with Crippen molar-refractivity contribution in [3.8, 4) is 11.5 Å². The van der Waals surface area contributed by atoms with Crippen molar-refractivity contribution in [1.82, 2.24) is 8.88 Å². The molecule has 0 radical (unpaired) electrons. The second kappa shape index (κ2) is 8.28. The maximum Gasteiger partial charge on any atom is 0.326 e. The molecule has 0 spiro atoms. The minimum atomic E-state index is -3.38. The van der Waals surface area contributed by atoms with Crippen LogP contribution in [-0.4, -0.2) is 20.0 Å². The summed E-state index contributed by atoms with van der Waals surface area (Å²) in [5.74, 6) is 1.55. The molecule has 1 aliphatic rings. The Balaban J connectivity index is 2.10. The normalized spacial score (nSPS) is 22.9. The van der Waals surface area contributed by atoms with Crippen molar-refractivity contribution in [3.05, 3.63) is 58.7 Å². The number of hydrogen-bond acceptors (Lipinski definition) is 5. The van der Waals surface area contributed by atoms with Gasteiger partial charge in [0.15, 0.2) is 5.75 Å². The Kier molecular flexibility index (Phi) is 6.53. The first-order valence-corrected chi connectivity index (χ1v) is 13.4. The Bertz CT molecular complexity index is 904. The Morgan fingerprint density at radius 3 is 1.42 bits per heavy atom. The van der Waals surface area contributed by atoms with Crippen molar-refractivity contribution in [2.45, 2.75) is 80.3 Å². The third-order valence-corrected chi connectivity index (χ3v) is 12.3. The molecule has 7 heteroatoms. The molecular formula is C24H36N2O3P2. The van der Waals surface area contributed by atoms with E-state index in [2.05, 4.69) is 41.5 Å². The lowest BCUT2D eigenvalue weighted by Crippen LogP contribution is -2.63.